The van der Waals surface area contributed by atoms with E-state index in [1.54, 1.807) is 10.5 Å². The summed E-state index contributed by atoms with van der Waals surface area (Å²) in [5.74, 6) is 0.179. The lowest BCUT2D eigenvalue weighted by Crippen LogP contribution is -2.34. The average molecular weight is 573 g/mol. The van der Waals surface area contributed by atoms with Crippen molar-refractivity contribution >= 4 is 50.5 Å². The first-order valence-electron chi connectivity index (χ1n) is 11.5. The molecular weight excluding hydrogens is 550 g/mol. The number of carbonyl (C=O) groups is 1. The van der Waals surface area contributed by atoms with Gasteiger partial charge in [0.05, 0.1) is 10.4 Å². The molecule has 0 unspecified atom stereocenters. The van der Waals surface area contributed by atoms with E-state index in [0.717, 1.165) is 37.7 Å². The predicted octanol–water partition coefficient (Wildman–Crippen LogP) is 3.88. The Kier molecular flexibility index (Phi) is 6.81. The lowest BCUT2D eigenvalue weighted by Gasteiger charge is -2.23. The first-order chi connectivity index (χ1) is 17.5. The van der Waals surface area contributed by atoms with Crippen molar-refractivity contribution in [2.75, 3.05) is 0 Å². The Morgan fingerprint density at radius 3 is 2.70 bits per heavy atom. The van der Waals surface area contributed by atoms with Crippen LogP contribution in [0, 0.1) is 0 Å². The molecule has 198 valence electrons. The number of nitrogens with one attached hydrogen (secondary N) is 2. The van der Waals surface area contributed by atoms with Gasteiger partial charge >= 0.3 is 0 Å². The van der Waals surface area contributed by atoms with Crippen LogP contribution in [0.2, 0.25) is 5.15 Å². The second-order valence-corrected chi connectivity index (χ2v) is 12.5. The van der Waals surface area contributed by atoms with Crippen molar-refractivity contribution in [1.82, 2.24) is 29.6 Å². The zero-order chi connectivity index (χ0) is 26.5. The molecule has 1 aliphatic carbocycles. The summed E-state index contributed by atoms with van der Waals surface area (Å²) in [6.45, 7) is 1.61. The molecule has 3 N–H and O–H groups in total. The Hall–Kier alpha value is -2.52. The average Bonchev–Trinajstić information content (AvgIpc) is 3.18. The van der Waals surface area contributed by atoms with Gasteiger partial charge in [0.2, 0.25) is 10.0 Å². The van der Waals surface area contributed by atoms with Crippen LogP contribution in [0.4, 0.5) is 8.78 Å². The fourth-order valence-corrected chi connectivity index (χ4v) is 7.14. The normalized spacial score (nSPS) is 22.0. The number of carboxylic acid groups (broad SMARTS) is 1. The number of pyridine rings is 1. The van der Waals surface area contributed by atoms with Crippen LogP contribution in [0.5, 0.6) is 0 Å². The molecule has 0 aromatic carbocycles. The highest BCUT2D eigenvalue weighted by atomic mass is 35.5. The topological polar surface area (TPSA) is 139 Å². The number of halogens is 3. The third kappa shape index (κ3) is 5.12. The zero-order valence-electron chi connectivity index (χ0n) is 19.5. The Morgan fingerprint density at radius 1 is 1.35 bits per heavy atom. The monoisotopic (exact) mass is 572 g/mol. The Balaban J connectivity index is 0.000000892. The quantitative estimate of drug-likeness (QED) is 0.378. The summed E-state index contributed by atoms with van der Waals surface area (Å²) in [6.07, 6.45) is 5.11. The zero-order valence-corrected chi connectivity index (χ0v) is 21.9. The highest BCUT2D eigenvalue weighted by Crippen LogP contribution is 2.40. The van der Waals surface area contributed by atoms with Crippen molar-refractivity contribution in [2.24, 2.45) is 0 Å². The first kappa shape index (κ1) is 26.1. The molecule has 2 bridgehead atoms. The number of hydrogen-bond donors (Lipinski definition) is 3. The number of fused-ring (bicyclic) bond motifs is 3. The van der Waals surface area contributed by atoms with Crippen LogP contribution in [-0.2, 0) is 14.8 Å². The predicted molar refractivity (Wildman–Crippen MR) is 133 cm³/mol. The Bertz CT molecular complexity index is 1500. The van der Waals surface area contributed by atoms with Gasteiger partial charge in [-0.2, -0.15) is 0 Å². The van der Waals surface area contributed by atoms with E-state index >= 15 is 0 Å². The number of alkyl halides is 2. The van der Waals surface area contributed by atoms with E-state index in [4.69, 9.17) is 21.5 Å². The molecule has 2 aliphatic heterocycles. The highest BCUT2D eigenvalue weighted by molar-refractivity contribution is 7.89. The number of imidazole rings is 1. The summed E-state index contributed by atoms with van der Waals surface area (Å²) >= 11 is 7.27. The second kappa shape index (κ2) is 9.66. The molecule has 10 nitrogen and oxygen atoms in total. The van der Waals surface area contributed by atoms with Crippen LogP contribution in [0.25, 0.3) is 21.9 Å². The van der Waals surface area contributed by atoms with Crippen LogP contribution in [-0.4, -0.2) is 57.2 Å². The molecule has 5 heterocycles. The molecule has 15 heteroatoms. The smallest absolute Gasteiger partial charge is 0.291 e. The van der Waals surface area contributed by atoms with Gasteiger partial charge in [0, 0.05) is 29.4 Å². The molecule has 3 aromatic rings. The maximum atomic E-state index is 13.3. The van der Waals surface area contributed by atoms with Crippen LogP contribution >= 0.6 is 22.9 Å². The van der Waals surface area contributed by atoms with E-state index in [1.807, 2.05) is 6.92 Å². The number of aromatic nitrogens is 4. The summed E-state index contributed by atoms with van der Waals surface area (Å²) in [5, 5.41) is 17.7. The summed E-state index contributed by atoms with van der Waals surface area (Å²) < 4.78 is 57.2. The molecule has 1 saturated carbocycles. The van der Waals surface area contributed by atoms with Gasteiger partial charge in [0.1, 0.15) is 0 Å². The Labute approximate surface area is 219 Å². The maximum absolute atomic E-state index is 13.3. The Morgan fingerprint density at radius 2 is 2.08 bits per heavy atom. The van der Waals surface area contributed by atoms with Crippen molar-refractivity contribution in [3.8, 4) is 10.8 Å². The molecule has 3 aliphatic rings. The molecule has 3 aromatic heterocycles. The lowest BCUT2D eigenvalue weighted by molar-refractivity contribution is -0.122. The summed E-state index contributed by atoms with van der Waals surface area (Å²) in [4.78, 5) is 12.8. The molecule has 0 spiro atoms. The highest BCUT2D eigenvalue weighted by Gasteiger charge is 2.42. The third-order valence-corrected chi connectivity index (χ3v) is 9.46. The van der Waals surface area contributed by atoms with Gasteiger partial charge in [0.25, 0.3) is 12.9 Å². The molecule has 2 atom stereocenters. The molecule has 0 radical (unpaired) electrons. The molecule has 2 fully saturated rings. The molecule has 0 amide bonds. The lowest BCUT2D eigenvalue weighted by atomic mass is 9.96. The van der Waals surface area contributed by atoms with Crippen molar-refractivity contribution < 1.29 is 27.1 Å². The van der Waals surface area contributed by atoms with Gasteiger partial charge in [-0.15, -0.1) is 10.2 Å². The summed E-state index contributed by atoms with van der Waals surface area (Å²) in [6, 6.07) is 2.17. The minimum absolute atomic E-state index is 0.0591. The standard InChI is InChI=1S/C21H21ClF2N6O2S2.CH2O2/c1-21(4-5-21)29-34(31,32)13-8-14(10-6-11-2-3-12(7-10)25-11)15-16(22)26-18(30(15)9-13)20-28-27-19(33-20)17(23)24;2-1-3/h6,8-9,11-12,17,25,29H,2-5,7H2,1H3;1H,(H,2,3)/t11-,12+;/m1./s1. The van der Waals surface area contributed by atoms with E-state index in [-0.39, 0.29) is 33.4 Å². The van der Waals surface area contributed by atoms with E-state index in [9.17, 15) is 17.2 Å². The van der Waals surface area contributed by atoms with Crippen molar-refractivity contribution in [2.45, 2.75) is 68.0 Å². The molecule has 6 rings (SSSR count). The van der Waals surface area contributed by atoms with E-state index in [2.05, 4.69) is 31.3 Å². The van der Waals surface area contributed by atoms with Crippen LogP contribution in [0.3, 0.4) is 0 Å². The van der Waals surface area contributed by atoms with E-state index in [0.29, 0.717) is 28.5 Å². The van der Waals surface area contributed by atoms with E-state index in [1.165, 1.54) is 6.20 Å². The summed E-state index contributed by atoms with van der Waals surface area (Å²) in [7, 11) is -3.85. The van der Waals surface area contributed by atoms with Gasteiger partial charge in [-0.3, -0.25) is 9.20 Å². The summed E-state index contributed by atoms with van der Waals surface area (Å²) in [5.41, 5.74) is 1.73. The van der Waals surface area contributed by atoms with Crippen LogP contribution in [0.15, 0.2) is 23.2 Å². The first-order valence-corrected chi connectivity index (χ1v) is 14.1. The van der Waals surface area contributed by atoms with Gasteiger partial charge in [0.15, 0.2) is 21.0 Å². The van der Waals surface area contributed by atoms with Gasteiger partial charge < -0.3 is 10.4 Å². The van der Waals surface area contributed by atoms with Crippen molar-refractivity contribution in [3.63, 3.8) is 0 Å². The van der Waals surface area contributed by atoms with Crippen LogP contribution < -0.4 is 10.0 Å². The minimum Gasteiger partial charge on any atom is -0.483 e. The van der Waals surface area contributed by atoms with Gasteiger partial charge in [-0.1, -0.05) is 29.0 Å². The molecule has 37 heavy (non-hydrogen) atoms. The van der Waals surface area contributed by atoms with Crippen LogP contribution in [0.1, 0.15) is 56.0 Å². The largest absolute Gasteiger partial charge is 0.483 e. The molecular formula is C22H23ClF2N6O4S2. The van der Waals surface area contributed by atoms with E-state index < -0.39 is 27.0 Å². The fourth-order valence-electron chi connectivity index (χ4n) is 4.69. The van der Waals surface area contributed by atoms with Crippen molar-refractivity contribution in [3.05, 3.63) is 34.1 Å². The van der Waals surface area contributed by atoms with Gasteiger partial charge in [-0.25, -0.2) is 26.9 Å². The SMILES string of the molecule is CC1(NS(=O)(=O)c2cc(C3=C[C@H]4CC[C@@H](C3)N4)c3c(Cl)nc(-c4nnc(C(F)F)s4)n3c2)CC1.O=CO. The number of sulfonamides is 1. The fraction of sp³-hybridized carbons (Fsp3) is 0.455. The molecule has 1 saturated heterocycles. The number of hydrogen-bond acceptors (Lipinski definition) is 8. The van der Waals surface area contributed by atoms with Gasteiger partial charge in [-0.05, 0) is 50.7 Å². The number of nitrogens with zero attached hydrogens (tertiary/aromatic N) is 4. The second-order valence-electron chi connectivity index (χ2n) is 9.50. The number of rotatable bonds is 6. The maximum Gasteiger partial charge on any atom is 0.291 e. The third-order valence-electron chi connectivity index (χ3n) is 6.67. The van der Waals surface area contributed by atoms with Crippen molar-refractivity contribution in [1.29, 1.82) is 0 Å². The minimum atomic E-state index is -3.85.